The number of piperidine rings is 1. The van der Waals surface area contributed by atoms with Gasteiger partial charge in [-0.3, -0.25) is 0 Å². The second kappa shape index (κ2) is 5.01. The number of pyridine rings is 1. The molecule has 100 valence electrons. The molecule has 1 aliphatic rings. The van der Waals surface area contributed by atoms with Crippen molar-refractivity contribution in [3.63, 3.8) is 0 Å². The molecule has 0 bridgehead atoms. The first-order valence-electron chi connectivity index (χ1n) is 6.55. The van der Waals surface area contributed by atoms with Gasteiger partial charge < -0.3 is 14.5 Å². The number of carbonyl (C=O) groups is 1. The molecule has 0 unspecified atom stereocenters. The van der Waals surface area contributed by atoms with Crippen LogP contribution < -0.4 is 5.32 Å². The van der Waals surface area contributed by atoms with Gasteiger partial charge in [-0.05, 0) is 38.1 Å². The molecule has 2 aromatic heterocycles. The molecule has 3 heterocycles. The van der Waals surface area contributed by atoms with Gasteiger partial charge in [0.1, 0.15) is 5.65 Å². The lowest BCUT2D eigenvalue weighted by atomic mass is 9.95. The predicted molar refractivity (Wildman–Crippen MR) is 71.4 cm³/mol. The van der Waals surface area contributed by atoms with E-state index in [4.69, 9.17) is 4.74 Å². The topological polar surface area (TPSA) is 55.6 Å². The van der Waals surface area contributed by atoms with Gasteiger partial charge >= 0.3 is 5.97 Å². The van der Waals surface area contributed by atoms with E-state index in [1.807, 2.05) is 10.6 Å². The van der Waals surface area contributed by atoms with E-state index in [0.29, 0.717) is 11.5 Å². The number of hydrogen-bond acceptors (Lipinski definition) is 4. The third-order valence-electron chi connectivity index (χ3n) is 3.66. The predicted octanol–water partition coefficient (Wildman–Crippen LogP) is 1.59. The van der Waals surface area contributed by atoms with Crippen LogP contribution in [0.4, 0.5) is 0 Å². The largest absolute Gasteiger partial charge is 0.465 e. The first kappa shape index (κ1) is 12.2. The molecule has 0 atom stereocenters. The van der Waals surface area contributed by atoms with Crippen LogP contribution in [0.2, 0.25) is 0 Å². The third-order valence-corrected chi connectivity index (χ3v) is 3.66. The minimum atomic E-state index is -0.325. The van der Waals surface area contributed by atoms with Crippen molar-refractivity contribution in [3.8, 4) is 0 Å². The number of ether oxygens (including phenoxy) is 1. The SMILES string of the molecule is COC(=O)c1ccn2cc(C3CCNCC3)nc2c1. The van der Waals surface area contributed by atoms with Gasteiger partial charge in [0.15, 0.2) is 0 Å². The molecule has 5 nitrogen and oxygen atoms in total. The van der Waals surface area contributed by atoms with Crippen LogP contribution in [0.5, 0.6) is 0 Å². The van der Waals surface area contributed by atoms with E-state index in [1.165, 1.54) is 7.11 Å². The van der Waals surface area contributed by atoms with Crippen molar-refractivity contribution in [2.24, 2.45) is 0 Å². The van der Waals surface area contributed by atoms with E-state index in [-0.39, 0.29) is 5.97 Å². The highest BCUT2D eigenvalue weighted by Gasteiger charge is 2.18. The molecule has 1 fully saturated rings. The zero-order valence-electron chi connectivity index (χ0n) is 10.9. The normalized spacial score (nSPS) is 16.7. The third kappa shape index (κ3) is 2.33. The van der Waals surface area contributed by atoms with Gasteiger partial charge in [0, 0.05) is 18.3 Å². The number of imidazole rings is 1. The Bertz CT molecular complexity index is 600. The summed E-state index contributed by atoms with van der Waals surface area (Å²) < 4.78 is 6.69. The van der Waals surface area contributed by atoms with Crippen LogP contribution >= 0.6 is 0 Å². The molecule has 0 aromatic carbocycles. The van der Waals surface area contributed by atoms with Crippen molar-refractivity contribution >= 4 is 11.6 Å². The van der Waals surface area contributed by atoms with Crippen LogP contribution in [0, 0.1) is 0 Å². The van der Waals surface area contributed by atoms with Crippen LogP contribution in [-0.4, -0.2) is 35.6 Å². The fourth-order valence-corrected chi connectivity index (χ4v) is 2.56. The standard InChI is InChI=1S/C14H17N3O2/c1-19-14(18)11-4-7-17-9-12(16-13(17)8-11)10-2-5-15-6-3-10/h4,7-10,15H,2-3,5-6H2,1H3. The number of nitrogens with zero attached hydrogens (tertiary/aromatic N) is 2. The fraction of sp³-hybridized carbons (Fsp3) is 0.429. The highest BCUT2D eigenvalue weighted by atomic mass is 16.5. The lowest BCUT2D eigenvalue weighted by Gasteiger charge is -2.20. The number of nitrogens with one attached hydrogen (secondary N) is 1. The van der Waals surface area contributed by atoms with E-state index in [0.717, 1.165) is 37.3 Å². The smallest absolute Gasteiger partial charge is 0.338 e. The molecule has 1 saturated heterocycles. The Morgan fingerprint density at radius 1 is 1.47 bits per heavy atom. The molecule has 5 heteroatoms. The molecule has 19 heavy (non-hydrogen) atoms. The molecule has 0 saturated carbocycles. The van der Waals surface area contributed by atoms with Crippen LogP contribution in [-0.2, 0) is 4.74 Å². The average Bonchev–Trinajstić information content (AvgIpc) is 2.90. The highest BCUT2D eigenvalue weighted by molar-refractivity contribution is 5.90. The molecular weight excluding hydrogens is 242 g/mol. The Labute approximate surface area is 111 Å². The van der Waals surface area contributed by atoms with Gasteiger partial charge in [-0.2, -0.15) is 0 Å². The minimum absolute atomic E-state index is 0.325. The number of aromatic nitrogens is 2. The summed E-state index contributed by atoms with van der Waals surface area (Å²) in [6.07, 6.45) is 6.16. The minimum Gasteiger partial charge on any atom is -0.465 e. The van der Waals surface area contributed by atoms with Crippen LogP contribution in [0.3, 0.4) is 0 Å². The maximum Gasteiger partial charge on any atom is 0.338 e. The van der Waals surface area contributed by atoms with Gasteiger partial charge in [0.05, 0.1) is 18.4 Å². The van der Waals surface area contributed by atoms with Gasteiger partial charge in [-0.1, -0.05) is 0 Å². The molecular formula is C14H17N3O2. The quantitative estimate of drug-likeness (QED) is 0.832. The summed E-state index contributed by atoms with van der Waals surface area (Å²) in [6.45, 7) is 2.10. The number of hydrogen-bond donors (Lipinski definition) is 1. The molecule has 0 radical (unpaired) electrons. The van der Waals surface area contributed by atoms with E-state index in [9.17, 15) is 4.79 Å². The van der Waals surface area contributed by atoms with E-state index in [1.54, 1.807) is 12.1 Å². The molecule has 0 amide bonds. The van der Waals surface area contributed by atoms with E-state index in [2.05, 4.69) is 16.5 Å². The Morgan fingerprint density at radius 2 is 2.26 bits per heavy atom. The molecule has 1 aliphatic heterocycles. The van der Waals surface area contributed by atoms with Crippen molar-refractivity contribution in [2.45, 2.75) is 18.8 Å². The molecule has 0 spiro atoms. The summed E-state index contributed by atoms with van der Waals surface area (Å²) in [5.41, 5.74) is 2.46. The Morgan fingerprint density at radius 3 is 3.00 bits per heavy atom. The summed E-state index contributed by atoms with van der Waals surface area (Å²) in [5, 5.41) is 3.35. The number of fused-ring (bicyclic) bond motifs is 1. The summed E-state index contributed by atoms with van der Waals surface area (Å²) >= 11 is 0. The highest BCUT2D eigenvalue weighted by Crippen LogP contribution is 2.24. The maximum atomic E-state index is 11.5. The first-order chi connectivity index (χ1) is 9.28. The summed E-state index contributed by atoms with van der Waals surface area (Å²) in [5.74, 6) is 0.191. The van der Waals surface area contributed by atoms with E-state index >= 15 is 0 Å². The fourth-order valence-electron chi connectivity index (χ4n) is 2.56. The second-order valence-electron chi connectivity index (χ2n) is 4.86. The van der Waals surface area contributed by atoms with Gasteiger partial charge in [0.25, 0.3) is 0 Å². The molecule has 0 aliphatic carbocycles. The Balaban J connectivity index is 1.93. The molecule has 1 N–H and O–H groups in total. The lowest BCUT2D eigenvalue weighted by Crippen LogP contribution is -2.26. The maximum absolute atomic E-state index is 11.5. The Kier molecular flexibility index (Phi) is 3.21. The number of esters is 1. The second-order valence-corrected chi connectivity index (χ2v) is 4.86. The number of rotatable bonds is 2. The van der Waals surface area contributed by atoms with Crippen LogP contribution in [0.1, 0.15) is 34.8 Å². The first-order valence-corrected chi connectivity index (χ1v) is 6.55. The zero-order chi connectivity index (χ0) is 13.2. The summed E-state index contributed by atoms with van der Waals surface area (Å²) in [6, 6.07) is 3.53. The van der Waals surface area contributed by atoms with Crippen molar-refractivity contribution in [2.75, 3.05) is 20.2 Å². The molecule has 3 rings (SSSR count). The van der Waals surface area contributed by atoms with Crippen molar-refractivity contribution < 1.29 is 9.53 Å². The van der Waals surface area contributed by atoms with Crippen molar-refractivity contribution in [3.05, 3.63) is 35.8 Å². The van der Waals surface area contributed by atoms with Crippen molar-refractivity contribution in [1.82, 2.24) is 14.7 Å². The zero-order valence-corrected chi connectivity index (χ0v) is 10.9. The van der Waals surface area contributed by atoms with Crippen LogP contribution in [0.15, 0.2) is 24.5 Å². The molecule has 2 aromatic rings. The number of methoxy groups -OCH3 is 1. The monoisotopic (exact) mass is 259 g/mol. The van der Waals surface area contributed by atoms with Gasteiger partial charge in [0.2, 0.25) is 0 Å². The van der Waals surface area contributed by atoms with Crippen molar-refractivity contribution in [1.29, 1.82) is 0 Å². The summed E-state index contributed by atoms with van der Waals surface area (Å²) in [4.78, 5) is 16.1. The lowest BCUT2D eigenvalue weighted by molar-refractivity contribution is 0.0600. The van der Waals surface area contributed by atoms with Gasteiger partial charge in [-0.15, -0.1) is 0 Å². The average molecular weight is 259 g/mol. The van der Waals surface area contributed by atoms with Gasteiger partial charge in [-0.25, -0.2) is 9.78 Å². The Hall–Kier alpha value is -1.88. The summed E-state index contributed by atoms with van der Waals surface area (Å²) in [7, 11) is 1.39. The number of carbonyl (C=O) groups excluding carboxylic acids is 1. The van der Waals surface area contributed by atoms with E-state index < -0.39 is 0 Å². The van der Waals surface area contributed by atoms with Crippen LogP contribution in [0.25, 0.3) is 5.65 Å².